The molecule has 1 aromatic heterocycles. The minimum absolute atomic E-state index is 0.0570. The number of aromatic nitrogens is 1. The maximum atomic E-state index is 6.05. The summed E-state index contributed by atoms with van der Waals surface area (Å²) in [4.78, 5) is 2.30. The van der Waals surface area contributed by atoms with Crippen LogP contribution >= 0.6 is 0 Å². The van der Waals surface area contributed by atoms with Crippen molar-refractivity contribution in [2.24, 2.45) is 0 Å². The lowest BCUT2D eigenvalue weighted by Crippen LogP contribution is -2.22. The number of para-hydroxylation sites is 1. The molecule has 3 aromatic rings. The molecule has 0 unspecified atom stereocenters. The van der Waals surface area contributed by atoms with Gasteiger partial charge in [0.25, 0.3) is 0 Å². The van der Waals surface area contributed by atoms with Crippen molar-refractivity contribution in [1.82, 2.24) is 4.57 Å². The van der Waals surface area contributed by atoms with Gasteiger partial charge >= 0.3 is 0 Å². The predicted molar refractivity (Wildman–Crippen MR) is 104 cm³/mol. The van der Waals surface area contributed by atoms with Gasteiger partial charge in [0.2, 0.25) is 0 Å². The molecule has 4 heteroatoms. The number of ether oxygens (including phenoxy) is 2. The lowest BCUT2D eigenvalue weighted by molar-refractivity contribution is 0.114. The largest absolute Gasteiger partial charge is 0.497 e. The molecule has 1 aliphatic rings. The van der Waals surface area contributed by atoms with Crippen molar-refractivity contribution in [3.8, 4) is 11.4 Å². The molecule has 1 aliphatic heterocycles. The molecule has 0 N–H and O–H groups in total. The van der Waals surface area contributed by atoms with Crippen LogP contribution in [-0.4, -0.2) is 24.8 Å². The van der Waals surface area contributed by atoms with Crippen molar-refractivity contribution in [2.75, 3.05) is 25.2 Å². The number of aryl methyl sites for hydroxylation is 1. The third-order valence-electron chi connectivity index (χ3n) is 4.95. The summed E-state index contributed by atoms with van der Waals surface area (Å²) < 4.78 is 13.5. The molecular weight excluding hydrogens is 324 g/mol. The van der Waals surface area contributed by atoms with Gasteiger partial charge in [-0.15, -0.1) is 0 Å². The number of methoxy groups -OCH3 is 1. The van der Waals surface area contributed by atoms with Crippen LogP contribution in [0.15, 0.2) is 67.0 Å². The van der Waals surface area contributed by atoms with E-state index in [4.69, 9.17) is 9.47 Å². The average molecular weight is 348 g/mol. The smallest absolute Gasteiger partial charge is 0.158 e. The van der Waals surface area contributed by atoms with E-state index in [0.717, 1.165) is 31.0 Å². The van der Waals surface area contributed by atoms with Gasteiger partial charge in [0, 0.05) is 35.9 Å². The van der Waals surface area contributed by atoms with E-state index in [1.807, 2.05) is 12.1 Å². The SMILES string of the molecule is CCc1ccccc1-n1ccc([C@@H]2OCCN2c2ccc(OC)cc2)c1. The van der Waals surface area contributed by atoms with E-state index in [-0.39, 0.29) is 6.23 Å². The molecule has 0 spiro atoms. The highest BCUT2D eigenvalue weighted by Gasteiger charge is 2.28. The molecule has 26 heavy (non-hydrogen) atoms. The second kappa shape index (κ2) is 7.26. The molecule has 2 aromatic carbocycles. The molecule has 2 heterocycles. The van der Waals surface area contributed by atoms with Crippen LogP contribution in [0, 0.1) is 0 Å². The first kappa shape index (κ1) is 16.7. The van der Waals surface area contributed by atoms with Crippen molar-refractivity contribution in [1.29, 1.82) is 0 Å². The number of hydrogen-bond acceptors (Lipinski definition) is 3. The maximum Gasteiger partial charge on any atom is 0.158 e. The monoisotopic (exact) mass is 348 g/mol. The van der Waals surface area contributed by atoms with Crippen LogP contribution in [0.1, 0.15) is 24.3 Å². The Morgan fingerprint density at radius 2 is 1.88 bits per heavy atom. The van der Waals surface area contributed by atoms with E-state index in [0.29, 0.717) is 0 Å². The second-order valence-corrected chi connectivity index (χ2v) is 6.45. The quantitative estimate of drug-likeness (QED) is 0.675. The van der Waals surface area contributed by atoms with Gasteiger partial charge in [-0.1, -0.05) is 25.1 Å². The lowest BCUT2D eigenvalue weighted by atomic mass is 10.1. The van der Waals surface area contributed by atoms with Gasteiger partial charge < -0.3 is 18.9 Å². The maximum absolute atomic E-state index is 6.05. The molecule has 0 bridgehead atoms. The molecule has 4 nitrogen and oxygen atoms in total. The number of anilines is 1. The van der Waals surface area contributed by atoms with E-state index in [1.54, 1.807) is 7.11 Å². The Morgan fingerprint density at radius 1 is 1.08 bits per heavy atom. The molecule has 0 saturated carbocycles. The third kappa shape index (κ3) is 3.08. The number of hydrogen-bond donors (Lipinski definition) is 0. The topological polar surface area (TPSA) is 26.6 Å². The van der Waals surface area contributed by atoms with E-state index >= 15 is 0 Å². The molecular formula is C22H24N2O2. The van der Waals surface area contributed by atoms with Crippen LogP contribution in [0.5, 0.6) is 5.75 Å². The molecule has 1 fully saturated rings. The highest BCUT2D eigenvalue weighted by Crippen LogP contribution is 2.33. The molecule has 134 valence electrons. The minimum atomic E-state index is -0.0570. The fraction of sp³-hybridized carbons (Fsp3) is 0.273. The van der Waals surface area contributed by atoms with Crippen molar-refractivity contribution in [3.05, 3.63) is 78.1 Å². The van der Waals surface area contributed by atoms with Crippen LogP contribution < -0.4 is 9.64 Å². The number of benzene rings is 2. The summed E-state index contributed by atoms with van der Waals surface area (Å²) in [6.07, 6.45) is 5.26. The molecule has 0 radical (unpaired) electrons. The summed E-state index contributed by atoms with van der Waals surface area (Å²) in [6.45, 7) is 3.80. The van der Waals surface area contributed by atoms with Gasteiger partial charge in [-0.2, -0.15) is 0 Å². The highest BCUT2D eigenvalue weighted by molar-refractivity contribution is 5.52. The zero-order chi connectivity index (χ0) is 17.9. The van der Waals surface area contributed by atoms with Crippen molar-refractivity contribution >= 4 is 5.69 Å². The van der Waals surface area contributed by atoms with E-state index in [9.17, 15) is 0 Å². The van der Waals surface area contributed by atoms with Crippen LogP contribution in [0.4, 0.5) is 5.69 Å². The van der Waals surface area contributed by atoms with Crippen molar-refractivity contribution < 1.29 is 9.47 Å². The van der Waals surface area contributed by atoms with E-state index < -0.39 is 0 Å². The molecule has 0 aliphatic carbocycles. The normalized spacial score (nSPS) is 16.8. The Labute approximate surface area is 154 Å². The summed E-state index contributed by atoms with van der Waals surface area (Å²) in [5, 5.41) is 0. The minimum Gasteiger partial charge on any atom is -0.497 e. The number of rotatable bonds is 5. The molecule has 4 rings (SSSR count). The van der Waals surface area contributed by atoms with Crippen LogP contribution in [0.3, 0.4) is 0 Å². The van der Waals surface area contributed by atoms with Crippen LogP contribution in [-0.2, 0) is 11.2 Å². The van der Waals surface area contributed by atoms with E-state index in [2.05, 4.69) is 71.2 Å². The zero-order valence-corrected chi connectivity index (χ0v) is 15.3. The summed E-state index contributed by atoms with van der Waals surface area (Å²) in [5.74, 6) is 0.868. The van der Waals surface area contributed by atoms with Gasteiger partial charge in [0.05, 0.1) is 13.7 Å². The number of nitrogens with zero attached hydrogens (tertiary/aromatic N) is 2. The first-order valence-corrected chi connectivity index (χ1v) is 9.08. The van der Waals surface area contributed by atoms with Gasteiger partial charge in [-0.3, -0.25) is 0 Å². The molecule has 1 atom stereocenters. The highest BCUT2D eigenvalue weighted by atomic mass is 16.5. The Hall–Kier alpha value is -2.72. The molecule has 1 saturated heterocycles. The van der Waals surface area contributed by atoms with E-state index in [1.165, 1.54) is 16.8 Å². The third-order valence-corrected chi connectivity index (χ3v) is 4.95. The first-order valence-electron chi connectivity index (χ1n) is 9.08. The van der Waals surface area contributed by atoms with Gasteiger partial charge in [-0.25, -0.2) is 0 Å². The Kier molecular flexibility index (Phi) is 4.67. The Morgan fingerprint density at radius 3 is 2.65 bits per heavy atom. The lowest BCUT2D eigenvalue weighted by Gasteiger charge is -2.24. The molecule has 0 amide bonds. The van der Waals surface area contributed by atoms with Crippen molar-refractivity contribution in [2.45, 2.75) is 19.6 Å². The summed E-state index contributed by atoms with van der Waals surface area (Å²) in [6, 6.07) is 18.8. The Balaban J connectivity index is 1.61. The van der Waals surface area contributed by atoms with Crippen molar-refractivity contribution in [3.63, 3.8) is 0 Å². The Bertz CT molecular complexity index is 870. The first-order chi connectivity index (χ1) is 12.8. The standard InChI is InChI=1S/C22H24N2O2/c1-3-17-6-4-5-7-21(17)23-13-12-18(16-23)22-24(14-15-26-22)19-8-10-20(25-2)11-9-19/h4-13,16,22H,3,14-15H2,1-2H3/t22-/m0/s1. The predicted octanol–water partition coefficient (Wildman–Crippen LogP) is 4.58. The van der Waals surface area contributed by atoms with Crippen LogP contribution in [0.2, 0.25) is 0 Å². The summed E-state index contributed by atoms with van der Waals surface area (Å²) in [5.41, 5.74) is 4.89. The fourth-order valence-corrected chi connectivity index (χ4v) is 3.55. The van der Waals surface area contributed by atoms with Crippen LogP contribution in [0.25, 0.3) is 5.69 Å². The summed E-state index contributed by atoms with van der Waals surface area (Å²) in [7, 11) is 1.69. The van der Waals surface area contributed by atoms with Gasteiger partial charge in [0.15, 0.2) is 6.23 Å². The zero-order valence-electron chi connectivity index (χ0n) is 15.3. The fourth-order valence-electron chi connectivity index (χ4n) is 3.55. The second-order valence-electron chi connectivity index (χ2n) is 6.45. The van der Waals surface area contributed by atoms with Gasteiger partial charge in [0.1, 0.15) is 5.75 Å². The summed E-state index contributed by atoms with van der Waals surface area (Å²) >= 11 is 0. The average Bonchev–Trinajstić information content (AvgIpc) is 3.37. The van der Waals surface area contributed by atoms with Gasteiger partial charge in [-0.05, 0) is 48.4 Å².